The third-order valence-electron chi connectivity index (χ3n) is 4.90. The lowest BCUT2D eigenvalue weighted by Gasteiger charge is -2.30. The summed E-state index contributed by atoms with van der Waals surface area (Å²) in [5.74, 6) is -1.13. The highest BCUT2D eigenvalue weighted by molar-refractivity contribution is 9.10. The Morgan fingerprint density at radius 2 is 1.84 bits per heavy atom. The lowest BCUT2D eigenvalue weighted by molar-refractivity contribution is -0.164. The lowest BCUT2D eigenvalue weighted by Crippen LogP contribution is -2.51. The Balaban J connectivity index is 1.89. The normalized spacial score (nSPS) is 18.8. The molecule has 31 heavy (non-hydrogen) atoms. The van der Waals surface area contributed by atoms with Crippen molar-refractivity contribution in [2.45, 2.75) is 25.0 Å². The molecule has 1 aliphatic heterocycles. The first-order valence-corrected chi connectivity index (χ1v) is 9.86. The number of hydrogen-bond donors (Lipinski definition) is 1. The number of fused-ring (bicyclic) bond motifs is 1. The maximum atomic E-state index is 13.6. The van der Waals surface area contributed by atoms with Gasteiger partial charge in [0.05, 0.1) is 16.8 Å². The summed E-state index contributed by atoms with van der Waals surface area (Å²) in [6.45, 7) is 0. The number of nitrogens with zero attached hydrogens (tertiary/aromatic N) is 3. The van der Waals surface area contributed by atoms with Gasteiger partial charge in [-0.3, -0.25) is 4.79 Å². The van der Waals surface area contributed by atoms with E-state index in [1.807, 2.05) is 0 Å². The van der Waals surface area contributed by atoms with E-state index >= 15 is 0 Å². The van der Waals surface area contributed by atoms with Crippen LogP contribution in [0.25, 0.3) is 22.2 Å². The van der Waals surface area contributed by atoms with E-state index in [4.69, 9.17) is 0 Å². The molecule has 0 saturated carbocycles. The summed E-state index contributed by atoms with van der Waals surface area (Å²) >= 11 is 3.35. The summed E-state index contributed by atoms with van der Waals surface area (Å²) in [5.41, 5.74) is -2.86. The molecule has 4 rings (SSSR count). The quantitative estimate of drug-likeness (QED) is 0.513. The van der Waals surface area contributed by atoms with Gasteiger partial charge >= 0.3 is 0 Å². The molecular formula is C21H14BrF4N3O2. The molecule has 10 heteroatoms. The standard InChI is InChI=1S/C21H14BrF4N3O2/c22-12-5-3-4-11(8-12)16-9-14(13-6-1-2-7-15(13)27-16)19(30)29-21(31,20(25)26)10-17(28-29)18(23)24/h1-9,18,20,31H,10H2/t21-/m0/s1. The van der Waals surface area contributed by atoms with Gasteiger partial charge in [-0.1, -0.05) is 46.3 Å². The molecule has 1 aromatic heterocycles. The van der Waals surface area contributed by atoms with Crippen LogP contribution in [0.4, 0.5) is 17.6 Å². The molecule has 2 aromatic carbocycles. The summed E-state index contributed by atoms with van der Waals surface area (Å²) in [4.78, 5) is 17.8. The molecule has 2 heterocycles. The van der Waals surface area contributed by atoms with E-state index in [1.54, 1.807) is 48.5 Å². The SMILES string of the molecule is O=C(c1cc(-c2cccc(Br)c2)nc2ccccc12)N1N=C(C(F)F)C[C@]1(O)C(F)F. The minimum Gasteiger partial charge on any atom is -0.364 e. The number of aromatic nitrogens is 1. The van der Waals surface area contributed by atoms with Crippen LogP contribution in [-0.4, -0.2) is 45.3 Å². The van der Waals surface area contributed by atoms with E-state index in [1.165, 1.54) is 6.07 Å². The van der Waals surface area contributed by atoms with Crippen LogP contribution in [0.5, 0.6) is 0 Å². The lowest BCUT2D eigenvalue weighted by atomic mass is 10.0. The third-order valence-corrected chi connectivity index (χ3v) is 5.39. The molecule has 0 aliphatic carbocycles. The number of amides is 1. The number of aliphatic hydroxyl groups is 1. The van der Waals surface area contributed by atoms with Crippen LogP contribution in [0, 0.1) is 0 Å². The van der Waals surface area contributed by atoms with Crippen molar-refractivity contribution >= 4 is 38.5 Å². The van der Waals surface area contributed by atoms with Crippen LogP contribution < -0.4 is 0 Å². The van der Waals surface area contributed by atoms with Gasteiger partial charge in [-0.15, -0.1) is 0 Å². The summed E-state index contributed by atoms with van der Waals surface area (Å²) < 4.78 is 54.2. The zero-order valence-electron chi connectivity index (χ0n) is 15.6. The van der Waals surface area contributed by atoms with E-state index < -0.39 is 36.6 Å². The van der Waals surface area contributed by atoms with E-state index in [-0.39, 0.29) is 10.6 Å². The van der Waals surface area contributed by atoms with Gasteiger partial charge in [0.15, 0.2) is 0 Å². The van der Waals surface area contributed by atoms with Gasteiger partial charge in [-0.05, 0) is 24.3 Å². The first kappa shape index (κ1) is 21.4. The molecule has 1 aliphatic rings. The molecule has 0 radical (unpaired) electrons. The second kappa shape index (κ2) is 8.01. The largest absolute Gasteiger partial charge is 0.364 e. The van der Waals surface area contributed by atoms with Gasteiger partial charge in [0, 0.05) is 21.8 Å². The Bertz CT molecular complexity index is 1200. The zero-order chi connectivity index (χ0) is 22.3. The summed E-state index contributed by atoms with van der Waals surface area (Å²) in [6.07, 6.45) is -7.83. The topological polar surface area (TPSA) is 65.8 Å². The first-order valence-electron chi connectivity index (χ1n) is 9.07. The van der Waals surface area contributed by atoms with E-state index in [0.29, 0.717) is 22.2 Å². The second-order valence-corrected chi connectivity index (χ2v) is 7.86. The maximum absolute atomic E-state index is 13.6. The fourth-order valence-electron chi connectivity index (χ4n) is 3.37. The summed E-state index contributed by atoms with van der Waals surface area (Å²) in [5, 5.41) is 14.1. The Labute approximate surface area is 182 Å². The van der Waals surface area contributed by atoms with Gasteiger partial charge < -0.3 is 5.11 Å². The third kappa shape index (κ3) is 3.81. The van der Waals surface area contributed by atoms with E-state index in [9.17, 15) is 27.5 Å². The number of para-hydroxylation sites is 1. The molecule has 0 unspecified atom stereocenters. The molecule has 1 amide bonds. The van der Waals surface area contributed by atoms with Gasteiger partial charge in [0.2, 0.25) is 5.72 Å². The maximum Gasteiger partial charge on any atom is 0.287 e. The van der Waals surface area contributed by atoms with Gasteiger partial charge in [0.1, 0.15) is 5.71 Å². The number of benzene rings is 2. The summed E-state index contributed by atoms with van der Waals surface area (Å²) in [7, 11) is 0. The Morgan fingerprint density at radius 3 is 2.52 bits per heavy atom. The van der Waals surface area contributed by atoms with Crippen LogP contribution >= 0.6 is 15.9 Å². The monoisotopic (exact) mass is 495 g/mol. The second-order valence-electron chi connectivity index (χ2n) is 6.95. The molecule has 0 fully saturated rings. The number of halogens is 5. The minimum absolute atomic E-state index is 0.0611. The van der Waals surface area contributed by atoms with Crippen molar-refractivity contribution in [2.75, 3.05) is 0 Å². The first-order chi connectivity index (χ1) is 14.7. The number of rotatable bonds is 4. The number of carbonyl (C=O) groups excluding carboxylic acids is 1. The molecule has 3 aromatic rings. The fraction of sp³-hybridized carbons (Fsp3) is 0.190. The predicted octanol–water partition coefficient (Wildman–Crippen LogP) is 5.09. The Morgan fingerprint density at radius 1 is 1.10 bits per heavy atom. The molecule has 1 N–H and O–H groups in total. The molecule has 5 nitrogen and oxygen atoms in total. The fourth-order valence-corrected chi connectivity index (χ4v) is 3.76. The predicted molar refractivity (Wildman–Crippen MR) is 110 cm³/mol. The van der Waals surface area contributed by atoms with Crippen LogP contribution in [-0.2, 0) is 0 Å². The molecule has 0 bridgehead atoms. The average molecular weight is 496 g/mol. The van der Waals surface area contributed by atoms with Gasteiger partial charge in [-0.2, -0.15) is 10.1 Å². The van der Waals surface area contributed by atoms with Gasteiger partial charge in [-0.25, -0.2) is 22.5 Å². The highest BCUT2D eigenvalue weighted by Crippen LogP contribution is 2.36. The Hall–Kier alpha value is -2.85. The highest BCUT2D eigenvalue weighted by Gasteiger charge is 2.53. The number of hydrazone groups is 1. The number of pyridine rings is 1. The zero-order valence-corrected chi connectivity index (χ0v) is 17.2. The molecule has 0 saturated heterocycles. The van der Waals surface area contributed by atoms with Crippen LogP contribution in [0.15, 0.2) is 64.2 Å². The minimum atomic E-state index is -3.51. The molecule has 160 valence electrons. The van der Waals surface area contributed by atoms with Crippen molar-refractivity contribution in [3.63, 3.8) is 0 Å². The number of hydrogen-bond acceptors (Lipinski definition) is 4. The van der Waals surface area contributed by atoms with Crippen molar-refractivity contribution in [3.8, 4) is 11.3 Å². The molecule has 0 spiro atoms. The van der Waals surface area contributed by atoms with Gasteiger partial charge in [0.25, 0.3) is 18.8 Å². The summed E-state index contributed by atoms with van der Waals surface area (Å²) in [6, 6.07) is 14.9. The number of alkyl halides is 4. The smallest absolute Gasteiger partial charge is 0.287 e. The highest BCUT2D eigenvalue weighted by atomic mass is 79.9. The Kier molecular flexibility index (Phi) is 5.52. The average Bonchev–Trinajstić information content (AvgIpc) is 3.12. The van der Waals surface area contributed by atoms with Crippen molar-refractivity contribution in [1.29, 1.82) is 0 Å². The van der Waals surface area contributed by atoms with E-state index in [0.717, 1.165) is 4.47 Å². The molecule has 1 atom stereocenters. The molecular weight excluding hydrogens is 482 g/mol. The van der Waals surface area contributed by atoms with E-state index in [2.05, 4.69) is 26.0 Å². The van der Waals surface area contributed by atoms with Crippen molar-refractivity contribution in [2.24, 2.45) is 5.10 Å². The van der Waals surface area contributed by atoms with Crippen molar-refractivity contribution in [1.82, 2.24) is 9.99 Å². The van der Waals surface area contributed by atoms with Crippen LogP contribution in [0.2, 0.25) is 0 Å². The van der Waals surface area contributed by atoms with Crippen LogP contribution in [0.1, 0.15) is 16.8 Å². The van der Waals surface area contributed by atoms with Crippen LogP contribution in [0.3, 0.4) is 0 Å². The van der Waals surface area contributed by atoms with Crippen molar-refractivity contribution < 1.29 is 27.5 Å². The number of carbonyl (C=O) groups is 1. The van der Waals surface area contributed by atoms with Crippen molar-refractivity contribution in [3.05, 3.63) is 64.6 Å².